The Kier molecular flexibility index (Phi) is 5.25. The predicted molar refractivity (Wildman–Crippen MR) is 103 cm³/mol. The third-order valence-electron chi connectivity index (χ3n) is 6.03. The van der Waals surface area contributed by atoms with Gasteiger partial charge in [0.25, 0.3) is 0 Å². The van der Waals surface area contributed by atoms with Gasteiger partial charge in [0.2, 0.25) is 5.91 Å². The van der Waals surface area contributed by atoms with E-state index in [1.807, 2.05) is 6.20 Å². The van der Waals surface area contributed by atoms with E-state index in [0.29, 0.717) is 12.0 Å². The molecule has 5 nitrogen and oxygen atoms in total. The maximum Gasteiger partial charge on any atom is 0.220 e. The van der Waals surface area contributed by atoms with E-state index in [2.05, 4.69) is 44.9 Å². The van der Waals surface area contributed by atoms with Crippen molar-refractivity contribution in [3.63, 3.8) is 0 Å². The van der Waals surface area contributed by atoms with Crippen LogP contribution in [0.15, 0.2) is 24.5 Å². The Morgan fingerprint density at radius 3 is 2.77 bits per heavy atom. The number of aryl methyl sites for hydroxylation is 1. The van der Waals surface area contributed by atoms with Crippen LogP contribution in [0.4, 0.5) is 0 Å². The molecule has 5 heteroatoms. The van der Waals surface area contributed by atoms with Crippen LogP contribution >= 0.6 is 0 Å². The molecule has 2 aromatic heterocycles. The van der Waals surface area contributed by atoms with Crippen LogP contribution in [0, 0.1) is 12.8 Å². The molecular weight excluding hydrogens is 324 g/mol. The summed E-state index contributed by atoms with van der Waals surface area (Å²) in [5.74, 6) is 0.904. The third-order valence-corrected chi connectivity index (χ3v) is 6.03. The van der Waals surface area contributed by atoms with E-state index in [1.54, 1.807) is 0 Å². The second-order valence-electron chi connectivity index (χ2n) is 8.15. The summed E-state index contributed by atoms with van der Waals surface area (Å²) < 4.78 is 2.18. The lowest BCUT2D eigenvalue weighted by Crippen LogP contribution is -2.44. The van der Waals surface area contributed by atoms with Crippen molar-refractivity contribution in [3.05, 3.63) is 35.8 Å². The van der Waals surface area contributed by atoms with Crippen molar-refractivity contribution in [2.24, 2.45) is 5.92 Å². The fraction of sp³-hybridized carbons (Fsp3) is 0.619. The van der Waals surface area contributed by atoms with Gasteiger partial charge >= 0.3 is 0 Å². The summed E-state index contributed by atoms with van der Waals surface area (Å²) in [5.41, 5.74) is 3.50. The van der Waals surface area contributed by atoms with Gasteiger partial charge in [0.15, 0.2) is 0 Å². The Labute approximate surface area is 155 Å². The molecule has 140 valence electrons. The van der Waals surface area contributed by atoms with Gasteiger partial charge in [-0.25, -0.2) is 4.98 Å². The zero-order valence-electron chi connectivity index (χ0n) is 15.8. The molecule has 1 saturated heterocycles. The van der Waals surface area contributed by atoms with Crippen molar-refractivity contribution in [3.8, 4) is 0 Å². The number of imidazole rings is 1. The van der Waals surface area contributed by atoms with Crippen molar-refractivity contribution in [1.82, 2.24) is 19.6 Å². The molecule has 0 atom stereocenters. The summed E-state index contributed by atoms with van der Waals surface area (Å²) in [6.07, 6.45) is 12.0. The Bertz CT molecular complexity index is 754. The highest BCUT2D eigenvalue weighted by Gasteiger charge is 2.23. The minimum Gasteiger partial charge on any atom is -0.353 e. The molecule has 0 spiro atoms. The Balaban J connectivity index is 1.26. The van der Waals surface area contributed by atoms with Crippen LogP contribution in [0.3, 0.4) is 0 Å². The van der Waals surface area contributed by atoms with Gasteiger partial charge in [-0.3, -0.25) is 9.69 Å². The summed E-state index contributed by atoms with van der Waals surface area (Å²) in [7, 11) is 0. The van der Waals surface area contributed by atoms with Crippen LogP contribution < -0.4 is 5.32 Å². The number of aromatic nitrogens is 2. The minimum atomic E-state index is 0.271. The number of nitrogens with one attached hydrogen (secondary N) is 1. The lowest BCUT2D eigenvalue weighted by Gasteiger charge is -2.32. The summed E-state index contributed by atoms with van der Waals surface area (Å²) in [6, 6.07) is 4.60. The Morgan fingerprint density at radius 1 is 1.23 bits per heavy atom. The summed E-state index contributed by atoms with van der Waals surface area (Å²) in [5, 5.41) is 3.28. The number of carbonyl (C=O) groups excluding carboxylic acids is 1. The minimum absolute atomic E-state index is 0.271. The molecule has 26 heavy (non-hydrogen) atoms. The highest BCUT2D eigenvalue weighted by atomic mass is 16.1. The van der Waals surface area contributed by atoms with Gasteiger partial charge in [-0.05, 0) is 56.2 Å². The van der Waals surface area contributed by atoms with Gasteiger partial charge < -0.3 is 9.72 Å². The van der Waals surface area contributed by atoms with Gasteiger partial charge in [-0.2, -0.15) is 0 Å². The number of pyridine rings is 1. The fourth-order valence-electron chi connectivity index (χ4n) is 4.48. The van der Waals surface area contributed by atoms with Crippen molar-refractivity contribution >= 4 is 11.6 Å². The summed E-state index contributed by atoms with van der Waals surface area (Å²) in [4.78, 5) is 19.2. The topological polar surface area (TPSA) is 49.6 Å². The quantitative estimate of drug-likeness (QED) is 0.896. The van der Waals surface area contributed by atoms with Crippen LogP contribution in [0.2, 0.25) is 0 Å². The molecule has 2 aliphatic rings. The molecule has 0 aromatic carbocycles. The maximum atomic E-state index is 12.2. The molecular formula is C21H30N4O. The van der Waals surface area contributed by atoms with E-state index >= 15 is 0 Å². The van der Waals surface area contributed by atoms with Crippen LogP contribution in [-0.2, 0) is 11.3 Å². The molecule has 0 radical (unpaired) electrons. The second kappa shape index (κ2) is 7.78. The van der Waals surface area contributed by atoms with Gasteiger partial charge in [-0.15, -0.1) is 0 Å². The average molecular weight is 354 g/mol. The van der Waals surface area contributed by atoms with E-state index in [-0.39, 0.29) is 5.91 Å². The molecule has 1 saturated carbocycles. The number of hydrogen-bond acceptors (Lipinski definition) is 3. The smallest absolute Gasteiger partial charge is 0.220 e. The van der Waals surface area contributed by atoms with Crippen LogP contribution in [0.25, 0.3) is 5.65 Å². The van der Waals surface area contributed by atoms with E-state index < -0.39 is 0 Å². The standard InChI is InChI=1S/C21H30N4O/c1-16-6-11-25-19(14-22-20(25)12-16)15-24-9-7-18(8-10-24)23-21(26)13-17-4-2-3-5-17/h6,11-12,14,17-18H,2-5,7-10,13,15H2,1H3,(H,23,26). The zero-order chi connectivity index (χ0) is 17.9. The highest BCUT2D eigenvalue weighted by molar-refractivity contribution is 5.76. The fourth-order valence-corrected chi connectivity index (χ4v) is 4.48. The Morgan fingerprint density at radius 2 is 2.00 bits per heavy atom. The van der Waals surface area contributed by atoms with E-state index in [1.165, 1.54) is 36.9 Å². The molecule has 3 heterocycles. The highest BCUT2D eigenvalue weighted by Crippen LogP contribution is 2.27. The van der Waals surface area contributed by atoms with Gasteiger partial charge in [-0.1, -0.05) is 12.8 Å². The lowest BCUT2D eigenvalue weighted by molar-refractivity contribution is -0.123. The number of carbonyl (C=O) groups is 1. The first-order valence-electron chi connectivity index (χ1n) is 10.1. The number of nitrogens with zero attached hydrogens (tertiary/aromatic N) is 3. The average Bonchev–Trinajstić information content (AvgIpc) is 3.26. The zero-order valence-corrected chi connectivity index (χ0v) is 15.8. The van der Waals surface area contributed by atoms with Crippen molar-refractivity contribution in [2.45, 2.75) is 64.5 Å². The molecule has 1 N–H and O–H groups in total. The first kappa shape index (κ1) is 17.5. The number of piperidine rings is 1. The van der Waals surface area contributed by atoms with E-state index in [0.717, 1.165) is 44.5 Å². The molecule has 1 aliphatic heterocycles. The molecule has 0 unspecified atom stereocenters. The molecule has 1 aliphatic carbocycles. The largest absolute Gasteiger partial charge is 0.353 e. The maximum absolute atomic E-state index is 12.2. The summed E-state index contributed by atoms with van der Waals surface area (Å²) in [6.45, 7) is 5.09. The molecule has 4 rings (SSSR count). The lowest BCUT2D eigenvalue weighted by atomic mass is 10.0. The number of likely N-dealkylation sites (tertiary alicyclic amines) is 1. The SMILES string of the molecule is Cc1ccn2c(CN3CCC(NC(=O)CC4CCCC4)CC3)cnc2c1. The predicted octanol–water partition coefficient (Wildman–Crippen LogP) is 3.30. The summed E-state index contributed by atoms with van der Waals surface area (Å²) >= 11 is 0. The third kappa shape index (κ3) is 4.09. The van der Waals surface area contributed by atoms with Crippen molar-refractivity contribution in [1.29, 1.82) is 0 Å². The normalized spacial score (nSPS) is 20.0. The van der Waals surface area contributed by atoms with Crippen LogP contribution in [0.1, 0.15) is 56.2 Å². The van der Waals surface area contributed by atoms with E-state index in [9.17, 15) is 4.79 Å². The van der Waals surface area contributed by atoms with Gasteiger partial charge in [0.05, 0.1) is 11.9 Å². The monoisotopic (exact) mass is 354 g/mol. The molecule has 2 fully saturated rings. The van der Waals surface area contributed by atoms with Crippen molar-refractivity contribution < 1.29 is 4.79 Å². The number of hydrogen-bond donors (Lipinski definition) is 1. The van der Waals surface area contributed by atoms with Crippen LogP contribution in [0.5, 0.6) is 0 Å². The number of fused-ring (bicyclic) bond motifs is 1. The Hall–Kier alpha value is -1.88. The van der Waals surface area contributed by atoms with Crippen molar-refractivity contribution in [2.75, 3.05) is 13.1 Å². The first-order chi connectivity index (χ1) is 12.7. The molecule has 0 bridgehead atoms. The second-order valence-corrected chi connectivity index (χ2v) is 8.15. The first-order valence-corrected chi connectivity index (χ1v) is 10.1. The van der Waals surface area contributed by atoms with E-state index in [4.69, 9.17) is 0 Å². The van der Waals surface area contributed by atoms with Gasteiger partial charge in [0, 0.05) is 38.3 Å². The number of amides is 1. The molecule has 2 aromatic rings. The van der Waals surface area contributed by atoms with Crippen LogP contribution in [-0.4, -0.2) is 39.3 Å². The molecule has 1 amide bonds. The van der Waals surface area contributed by atoms with Gasteiger partial charge in [0.1, 0.15) is 5.65 Å². The number of rotatable bonds is 5.